The van der Waals surface area contributed by atoms with E-state index in [0.29, 0.717) is 35.9 Å². The second-order valence-corrected chi connectivity index (χ2v) is 7.32. The Morgan fingerprint density at radius 2 is 2.28 bits per heavy atom. The van der Waals surface area contributed by atoms with Crippen LogP contribution in [-0.2, 0) is 6.54 Å². The highest BCUT2D eigenvalue weighted by Gasteiger charge is 2.33. The van der Waals surface area contributed by atoms with E-state index in [0.717, 1.165) is 50.6 Å². The Labute approximate surface area is 170 Å². The highest BCUT2D eigenvalue weighted by Crippen LogP contribution is 2.34. The Morgan fingerprint density at radius 1 is 1.38 bits per heavy atom. The van der Waals surface area contributed by atoms with Crippen molar-refractivity contribution in [2.45, 2.75) is 33.2 Å². The van der Waals surface area contributed by atoms with Crippen LogP contribution in [0, 0.1) is 6.92 Å². The zero-order valence-electron chi connectivity index (χ0n) is 17.0. The van der Waals surface area contributed by atoms with Crippen LogP contribution in [0.3, 0.4) is 0 Å². The van der Waals surface area contributed by atoms with Crippen LogP contribution in [0.15, 0.2) is 37.2 Å². The van der Waals surface area contributed by atoms with Crippen molar-refractivity contribution in [2.75, 3.05) is 32.7 Å². The Kier molecular flexibility index (Phi) is 5.80. The number of furan rings is 2. The minimum atomic E-state index is -0.146. The number of carbonyl (C=O) groups is 1. The zero-order chi connectivity index (χ0) is 20.2. The standard InChI is InChI=1S/C21H27N5O3/c1-3-4-9-25(13-16-6-5-12-28-16)10-7-23-20(27)17-15(2)29-21-18(17)19-22-8-11-26(19)14-24-21/h5-6,12,14H,3-4,7-11,13H2,1-2H3,(H,23,27). The van der Waals surface area contributed by atoms with Crippen LogP contribution < -0.4 is 5.32 Å². The molecule has 0 saturated carbocycles. The van der Waals surface area contributed by atoms with Gasteiger partial charge in [0.25, 0.3) is 5.91 Å². The van der Waals surface area contributed by atoms with Crippen LogP contribution in [0.25, 0.3) is 0 Å². The van der Waals surface area contributed by atoms with E-state index in [1.807, 2.05) is 17.0 Å². The Hall–Kier alpha value is -2.87. The summed E-state index contributed by atoms with van der Waals surface area (Å²) in [4.78, 5) is 26.1. The summed E-state index contributed by atoms with van der Waals surface area (Å²) in [6, 6.07) is 3.88. The third kappa shape index (κ3) is 4.12. The summed E-state index contributed by atoms with van der Waals surface area (Å²) in [5.41, 5.74) is 1.24. The van der Waals surface area contributed by atoms with Crippen molar-refractivity contribution in [3.63, 3.8) is 0 Å². The molecule has 0 saturated heterocycles. The van der Waals surface area contributed by atoms with Gasteiger partial charge < -0.3 is 19.1 Å². The van der Waals surface area contributed by atoms with Gasteiger partial charge in [-0.3, -0.25) is 14.7 Å². The fraction of sp³-hybridized carbons (Fsp3) is 0.476. The minimum Gasteiger partial charge on any atom is -0.468 e. The minimum absolute atomic E-state index is 0.146. The van der Waals surface area contributed by atoms with Gasteiger partial charge in [-0.25, -0.2) is 4.99 Å². The highest BCUT2D eigenvalue weighted by atomic mass is 16.4. The highest BCUT2D eigenvalue weighted by molar-refractivity contribution is 6.17. The summed E-state index contributed by atoms with van der Waals surface area (Å²) in [6.45, 7) is 8.45. The third-order valence-electron chi connectivity index (χ3n) is 5.21. The first-order valence-corrected chi connectivity index (χ1v) is 10.2. The van der Waals surface area contributed by atoms with Gasteiger partial charge in [-0.2, -0.15) is 0 Å². The molecule has 4 heterocycles. The maximum absolute atomic E-state index is 13.0. The van der Waals surface area contributed by atoms with Gasteiger partial charge in [-0.15, -0.1) is 0 Å². The number of hydrogen-bond donors (Lipinski definition) is 1. The summed E-state index contributed by atoms with van der Waals surface area (Å²) in [5, 5.41) is 3.05. The fourth-order valence-electron chi connectivity index (χ4n) is 3.71. The average molecular weight is 397 g/mol. The Bertz CT molecular complexity index is 913. The summed E-state index contributed by atoms with van der Waals surface area (Å²) in [7, 11) is 0. The molecule has 0 bridgehead atoms. The molecule has 4 rings (SSSR count). The Morgan fingerprint density at radius 3 is 3.07 bits per heavy atom. The van der Waals surface area contributed by atoms with Crippen LogP contribution in [0.2, 0.25) is 0 Å². The van der Waals surface area contributed by atoms with Crippen molar-refractivity contribution >= 4 is 24.0 Å². The number of amidine groups is 1. The molecule has 2 aliphatic rings. The fourth-order valence-corrected chi connectivity index (χ4v) is 3.71. The predicted octanol–water partition coefficient (Wildman–Crippen LogP) is 2.95. The lowest BCUT2D eigenvalue weighted by molar-refractivity contribution is 0.0945. The molecule has 0 aromatic carbocycles. The number of hydrogen-bond acceptors (Lipinski definition) is 7. The smallest absolute Gasteiger partial charge is 0.255 e. The van der Waals surface area contributed by atoms with E-state index in [2.05, 4.69) is 27.1 Å². The number of unbranched alkanes of at least 4 members (excludes halogenated alkanes) is 1. The van der Waals surface area contributed by atoms with Gasteiger partial charge in [0.15, 0.2) is 0 Å². The average Bonchev–Trinajstić information content (AvgIpc) is 3.44. The molecule has 8 nitrogen and oxygen atoms in total. The zero-order valence-corrected chi connectivity index (χ0v) is 17.0. The molecule has 154 valence electrons. The van der Waals surface area contributed by atoms with Crippen molar-refractivity contribution < 1.29 is 13.6 Å². The predicted molar refractivity (Wildman–Crippen MR) is 111 cm³/mol. The van der Waals surface area contributed by atoms with Crippen LogP contribution in [0.5, 0.6) is 0 Å². The topological polar surface area (TPSA) is 86.6 Å². The lowest BCUT2D eigenvalue weighted by Gasteiger charge is -2.21. The molecular weight excluding hydrogens is 370 g/mol. The molecule has 1 amide bonds. The molecule has 2 aromatic rings. The molecule has 8 heteroatoms. The first-order chi connectivity index (χ1) is 14.2. The number of carbonyl (C=O) groups excluding carboxylic acids is 1. The maximum atomic E-state index is 13.0. The normalized spacial score (nSPS) is 14.9. The molecule has 0 fully saturated rings. The first kappa shape index (κ1) is 19.4. The van der Waals surface area contributed by atoms with Crippen molar-refractivity contribution in [1.29, 1.82) is 0 Å². The second kappa shape index (κ2) is 8.65. The number of amides is 1. The van der Waals surface area contributed by atoms with E-state index in [1.165, 1.54) is 0 Å². The maximum Gasteiger partial charge on any atom is 0.255 e. The molecular formula is C21H27N5O3. The van der Waals surface area contributed by atoms with Crippen LogP contribution in [0.4, 0.5) is 5.88 Å². The van der Waals surface area contributed by atoms with Gasteiger partial charge in [0, 0.05) is 19.6 Å². The molecule has 2 aromatic heterocycles. The lowest BCUT2D eigenvalue weighted by atomic mass is 10.1. The van der Waals surface area contributed by atoms with E-state index in [1.54, 1.807) is 19.5 Å². The van der Waals surface area contributed by atoms with Crippen molar-refractivity contribution in [3.8, 4) is 0 Å². The number of fused-ring (bicyclic) bond motifs is 3. The van der Waals surface area contributed by atoms with Gasteiger partial charge >= 0.3 is 0 Å². The molecule has 0 unspecified atom stereocenters. The van der Waals surface area contributed by atoms with Gasteiger partial charge in [0.2, 0.25) is 5.88 Å². The van der Waals surface area contributed by atoms with Gasteiger partial charge in [-0.1, -0.05) is 13.3 Å². The van der Waals surface area contributed by atoms with E-state index in [4.69, 9.17) is 8.83 Å². The van der Waals surface area contributed by atoms with Gasteiger partial charge in [-0.05, 0) is 32.0 Å². The number of aliphatic imine (C=N–C) groups is 2. The molecule has 0 atom stereocenters. The summed E-state index contributed by atoms with van der Waals surface area (Å²) in [5.74, 6) is 2.60. The molecule has 29 heavy (non-hydrogen) atoms. The summed E-state index contributed by atoms with van der Waals surface area (Å²) in [6.07, 6.45) is 5.65. The Balaban J connectivity index is 1.41. The number of aryl methyl sites for hydroxylation is 1. The lowest BCUT2D eigenvalue weighted by Crippen LogP contribution is -2.36. The van der Waals surface area contributed by atoms with E-state index < -0.39 is 0 Å². The second-order valence-electron chi connectivity index (χ2n) is 7.32. The van der Waals surface area contributed by atoms with Crippen molar-refractivity contribution in [1.82, 2.24) is 15.1 Å². The van der Waals surface area contributed by atoms with E-state index in [-0.39, 0.29) is 5.91 Å². The van der Waals surface area contributed by atoms with Crippen LogP contribution in [0.1, 0.15) is 47.2 Å². The van der Waals surface area contributed by atoms with Crippen molar-refractivity contribution in [3.05, 3.63) is 41.0 Å². The quantitative estimate of drug-likeness (QED) is 0.703. The summed E-state index contributed by atoms with van der Waals surface area (Å²) >= 11 is 0. The monoisotopic (exact) mass is 397 g/mol. The molecule has 0 spiro atoms. The van der Waals surface area contributed by atoms with Gasteiger partial charge in [0.1, 0.15) is 23.7 Å². The largest absolute Gasteiger partial charge is 0.468 e. The van der Waals surface area contributed by atoms with Crippen LogP contribution >= 0.6 is 0 Å². The van der Waals surface area contributed by atoms with Gasteiger partial charge in [0.05, 0.1) is 30.5 Å². The molecule has 2 aliphatic heterocycles. The number of nitrogens with zero attached hydrogens (tertiary/aromatic N) is 4. The molecule has 0 aliphatic carbocycles. The van der Waals surface area contributed by atoms with E-state index in [9.17, 15) is 4.79 Å². The third-order valence-corrected chi connectivity index (χ3v) is 5.21. The number of rotatable bonds is 9. The number of nitrogens with one attached hydrogen (secondary N) is 1. The molecule has 1 N–H and O–H groups in total. The SMILES string of the molecule is CCCCN(CCNC(=O)c1c(C)oc2c1C1=NCCN1C=N2)Cc1ccco1. The molecule has 0 radical (unpaired) electrons. The van der Waals surface area contributed by atoms with Crippen LogP contribution in [-0.4, -0.2) is 60.6 Å². The van der Waals surface area contributed by atoms with Crippen molar-refractivity contribution in [2.24, 2.45) is 9.98 Å². The summed E-state index contributed by atoms with van der Waals surface area (Å²) < 4.78 is 11.2. The van der Waals surface area contributed by atoms with E-state index >= 15 is 0 Å². The first-order valence-electron chi connectivity index (χ1n) is 10.2.